The van der Waals surface area contributed by atoms with Crippen molar-refractivity contribution in [3.8, 4) is 0 Å². The molecule has 0 aliphatic heterocycles. The zero-order valence-electron chi connectivity index (χ0n) is 13.3. The van der Waals surface area contributed by atoms with Crippen molar-refractivity contribution in [2.24, 2.45) is 0 Å². The van der Waals surface area contributed by atoms with Gasteiger partial charge in [-0.25, -0.2) is 9.37 Å². The van der Waals surface area contributed by atoms with Gasteiger partial charge in [-0.05, 0) is 35.9 Å². The molecule has 26 heavy (non-hydrogen) atoms. The van der Waals surface area contributed by atoms with Gasteiger partial charge in [0.15, 0.2) is 5.13 Å². The SMILES string of the molecule is O=C(Nc1nc(CSCc2ccc(F)cc2)cs1)c1cc(Br)ccc1Cl. The molecule has 0 saturated heterocycles. The van der Waals surface area contributed by atoms with Crippen LogP contribution in [-0.4, -0.2) is 10.9 Å². The molecule has 134 valence electrons. The van der Waals surface area contributed by atoms with Crippen LogP contribution in [0, 0.1) is 5.82 Å². The van der Waals surface area contributed by atoms with Gasteiger partial charge in [-0.2, -0.15) is 11.8 Å². The number of thioether (sulfide) groups is 1. The number of nitrogens with one attached hydrogen (secondary N) is 1. The van der Waals surface area contributed by atoms with Crippen molar-refractivity contribution in [3.63, 3.8) is 0 Å². The maximum Gasteiger partial charge on any atom is 0.258 e. The molecule has 8 heteroatoms. The van der Waals surface area contributed by atoms with Crippen LogP contribution in [0.3, 0.4) is 0 Å². The molecular formula is C18H13BrClFN2OS2. The van der Waals surface area contributed by atoms with Gasteiger partial charge in [0.25, 0.3) is 5.91 Å². The van der Waals surface area contributed by atoms with Gasteiger partial charge in [-0.15, -0.1) is 11.3 Å². The van der Waals surface area contributed by atoms with Crippen molar-refractivity contribution in [2.75, 3.05) is 5.32 Å². The summed E-state index contributed by atoms with van der Waals surface area (Å²) in [4.78, 5) is 16.8. The van der Waals surface area contributed by atoms with E-state index >= 15 is 0 Å². The summed E-state index contributed by atoms with van der Waals surface area (Å²) in [7, 11) is 0. The Kier molecular flexibility index (Phi) is 6.69. The number of carbonyl (C=O) groups is 1. The monoisotopic (exact) mass is 470 g/mol. The topological polar surface area (TPSA) is 42.0 Å². The predicted octanol–water partition coefficient (Wildman–Crippen LogP) is 6.38. The lowest BCUT2D eigenvalue weighted by molar-refractivity contribution is 0.102. The molecule has 0 radical (unpaired) electrons. The van der Waals surface area contributed by atoms with Crippen LogP contribution in [0.2, 0.25) is 5.02 Å². The number of carbonyl (C=O) groups excluding carboxylic acids is 1. The largest absolute Gasteiger partial charge is 0.298 e. The Morgan fingerprint density at radius 3 is 2.77 bits per heavy atom. The summed E-state index contributed by atoms with van der Waals surface area (Å²) in [6.45, 7) is 0. The second-order valence-electron chi connectivity index (χ2n) is 5.34. The lowest BCUT2D eigenvalue weighted by Crippen LogP contribution is -2.12. The second kappa shape index (κ2) is 8.99. The number of thiazole rings is 1. The number of anilines is 1. The number of nitrogens with zero attached hydrogens (tertiary/aromatic N) is 1. The first-order valence-corrected chi connectivity index (χ1v) is 10.7. The zero-order valence-corrected chi connectivity index (χ0v) is 17.3. The van der Waals surface area contributed by atoms with Gasteiger partial charge in [0.05, 0.1) is 16.3 Å². The number of benzene rings is 2. The average molecular weight is 472 g/mol. The molecule has 1 amide bonds. The molecule has 0 bridgehead atoms. The molecule has 3 rings (SSSR count). The molecule has 3 nitrogen and oxygen atoms in total. The van der Waals surface area contributed by atoms with Crippen LogP contribution < -0.4 is 5.32 Å². The summed E-state index contributed by atoms with van der Waals surface area (Å²) in [5.74, 6) is 0.953. The van der Waals surface area contributed by atoms with Crippen molar-refractivity contribution >= 4 is 61.7 Å². The summed E-state index contributed by atoms with van der Waals surface area (Å²) < 4.78 is 13.7. The Balaban J connectivity index is 1.55. The van der Waals surface area contributed by atoms with Gasteiger partial charge in [-0.1, -0.05) is 39.7 Å². The van der Waals surface area contributed by atoms with Crippen LogP contribution in [0.15, 0.2) is 52.3 Å². The van der Waals surface area contributed by atoms with Gasteiger partial charge >= 0.3 is 0 Å². The quantitative estimate of drug-likeness (QED) is 0.453. The Morgan fingerprint density at radius 2 is 2.00 bits per heavy atom. The van der Waals surface area contributed by atoms with Crippen molar-refractivity contribution in [1.82, 2.24) is 4.98 Å². The maximum absolute atomic E-state index is 12.9. The number of amides is 1. The van der Waals surface area contributed by atoms with Crippen molar-refractivity contribution < 1.29 is 9.18 Å². The number of hydrogen-bond donors (Lipinski definition) is 1. The van der Waals surface area contributed by atoms with Crippen LogP contribution in [0.1, 0.15) is 21.6 Å². The normalized spacial score (nSPS) is 10.7. The van der Waals surface area contributed by atoms with E-state index in [0.717, 1.165) is 21.5 Å². The average Bonchev–Trinajstić information content (AvgIpc) is 3.06. The lowest BCUT2D eigenvalue weighted by atomic mass is 10.2. The van der Waals surface area contributed by atoms with E-state index in [1.54, 1.807) is 42.1 Å². The van der Waals surface area contributed by atoms with Crippen LogP contribution >= 0.6 is 50.6 Å². The van der Waals surface area contributed by atoms with Gasteiger partial charge < -0.3 is 0 Å². The van der Waals surface area contributed by atoms with E-state index in [9.17, 15) is 9.18 Å². The third-order valence-corrected chi connectivity index (χ3v) is 6.04. The molecule has 2 aromatic carbocycles. The van der Waals surface area contributed by atoms with E-state index in [-0.39, 0.29) is 11.7 Å². The van der Waals surface area contributed by atoms with E-state index in [1.165, 1.54) is 23.5 Å². The highest BCUT2D eigenvalue weighted by atomic mass is 79.9. The molecule has 0 aliphatic rings. The van der Waals surface area contributed by atoms with Crippen LogP contribution in [-0.2, 0) is 11.5 Å². The Morgan fingerprint density at radius 1 is 1.23 bits per heavy atom. The summed E-state index contributed by atoms with van der Waals surface area (Å²) >= 11 is 12.5. The number of hydrogen-bond acceptors (Lipinski definition) is 4. The van der Waals surface area contributed by atoms with Gasteiger partial charge in [0.1, 0.15) is 5.82 Å². The Labute approximate surface area is 172 Å². The standard InChI is InChI=1S/C18H13BrClFN2OS2/c19-12-3-6-16(20)15(7-12)17(24)23-18-22-14(10-26-18)9-25-8-11-1-4-13(21)5-2-11/h1-7,10H,8-9H2,(H,22,23,24). The molecule has 0 saturated carbocycles. The lowest BCUT2D eigenvalue weighted by Gasteiger charge is -2.04. The zero-order chi connectivity index (χ0) is 18.5. The molecular weight excluding hydrogens is 459 g/mol. The molecule has 1 heterocycles. The summed E-state index contributed by atoms with van der Waals surface area (Å²) in [5, 5.41) is 5.60. The highest BCUT2D eigenvalue weighted by Crippen LogP contribution is 2.25. The van der Waals surface area contributed by atoms with E-state index in [1.807, 2.05) is 5.38 Å². The Bertz CT molecular complexity index is 918. The highest BCUT2D eigenvalue weighted by molar-refractivity contribution is 9.10. The first-order valence-electron chi connectivity index (χ1n) is 7.54. The smallest absolute Gasteiger partial charge is 0.258 e. The first-order chi connectivity index (χ1) is 12.5. The number of aromatic nitrogens is 1. The van der Waals surface area contributed by atoms with Crippen molar-refractivity contribution in [3.05, 3.63) is 80.0 Å². The third kappa shape index (κ3) is 5.30. The third-order valence-electron chi connectivity index (χ3n) is 3.38. The summed E-state index contributed by atoms with van der Waals surface area (Å²) in [6.07, 6.45) is 0. The second-order valence-corrected chi connectivity index (χ2v) is 8.51. The van der Waals surface area contributed by atoms with E-state index in [2.05, 4.69) is 26.2 Å². The van der Waals surface area contributed by atoms with Gasteiger partial charge in [0, 0.05) is 21.4 Å². The first kappa shape index (κ1) is 19.4. The molecule has 1 N–H and O–H groups in total. The molecule has 0 fully saturated rings. The minimum absolute atomic E-state index is 0.232. The Hall–Kier alpha value is -1.41. The van der Waals surface area contributed by atoms with E-state index in [0.29, 0.717) is 21.5 Å². The summed E-state index contributed by atoms with van der Waals surface area (Å²) in [6, 6.07) is 11.6. The fraction of sp³-hybridized carbons (Fsp3) is 0.111. The van der Waals surface area contributed by atoms with Gasteiger partial charge in [-0.3, -0.25) is 10.1 Å². The van der Waals surface area contributed by atoms with Crippen molar-refractivity contribution in [2.45, 2.75) is 11.5 Å². The minimum atomic E-state index is -0.295. The van der Waals surface area contributed by atoms with Gasteiger partial charge in [0.2, 0.25) is 0 Å². The maximum atomic E-state index is 12.9. The van der Waals surface area contributed by atoms with Crippen LogP contribution in [0.4, 0.5) is 9.52 Å². The van der Waals surface area contributed by atoms with Crippen LogP contribution in [0.25, 0.3) is 0 Å². The number of rotatable bonds is 6. The molecule has 3 aromatic rings. The number of halogens is 3. The van der Waals surface area contributed by atoms with E-state index < -0.39 is 0 Å². The fourth-order valence-corrected chi connectivity index (χ4v) is 4.38. The molecule has 0 unspecified atom stereocenters. The molecule has 1 aromatic heterocycles. The molecule has 0 spiro atoms. The summed E-state index contributed by atoms with van der Waals surface area (Å²) in [5.41, 5.74) is 2.34. The molecule has 0 aliphatic carbocycles. The predicted molar refractivity (Wildman–Crippen MR) is 111 cm³/mol. The minimum Gasteiger partial charge on any atom is -0.298 e. The fourth-order valence-electron chi connectivity index (χ4n) is 2.12. The van der Waals surface area contributed by atoms with E-state index in [4.69, 9.17) is 11.6 Å². The van der Waals surface area contributed by atoms with Crippen molar-refractivity contribution in [1.29, 1.82) is 0 Å². The highest BCUT2D eigenvalue weighted by Gasteiger charge is 2.13. The van der Waals surface area contributed by atoms with Crippen LogP contribution in [0.5, 0.6) is 0 Å². The molecule has 0 atom stereocenters.